The Morgan fingerprint density at radius 3 is 3.00 bits per heavy atom. The van der Waals surface area contributed by atoms with E-state index in [4.69, 9.17) is 10.00 Å². The lowest BCUT2D eigenvalue weighted by Crippen LogP contribution is -1.69. The Bertz CT molecular complexity index is 119. The maximum atomic E-state index is 7.95. The second kappa shape index (κ2) is 1.76. The number of rotatable bonds is 1. The Morgan fingerprint density at radius 2 is 2.57 bits per heavy atom. The van der Waals surface area contributed by atoms with E-state index in [0.29, 0.717) is 0 Å². The second-order valence-corrected chi connectivity index (χ2v) is 1.36. The van der Waals surface area contributed by atoms with Crippen LogP contribution in [0.2, 0.25) is 0 Å². The van der Waals surface area contributed by atoms with E-state index in [0.717, 1.165) is 6.61 Å². The van der Waals surface area contributed by atoms with E-state index in [-0.39, 0.29) is 6.10 Å². The molecule has 0 aromatic carbocycles. The van der Waals surface area contributed by atoms with Crippen molar-refractivity contribution < 1.29 is 4.74 Å². The SMILES string of the molecule is N#CC=CC1CO1. The van der Waals surface area contributed by atoms with E-state index in [9.17, 15) is 0 Å². The predicted octanol–water partition coefficient (Wildman–Crippen LogP) is 0.465. The molecule has 7 heavy (non-hydrogen) atoms. The summed E-state index contributed by atoms with van der Waals surface area (Å²) < 4.78 is 4.77. The molecule has 0 aromatic heterocycles. The zero-order valence-corrected chi connectivity index (χ0v) is 3.79. The van der Waals surface area contributed by atoms with Crippen LogP contribution >= 0.6 is 0 Å². The minimum absolute atomic E-state index is 0.250. The maximum absolute atomic E-state index is 7.95. The van der Waals surface area contributed by atoms with Crippen molar-refractivity contribution in [2.75, 3.05) is 6.61 Å². The highest BCUT2D eigenvalue weighted by Gasteiger charge is 2.17. The van der Waals surface area contributed by atoms with Crippen molar-refractivity contribution in [1.29, 1.82) is 5.26 Å². The molecule has 1 rings (SSSR count). The van der Waals surface area contributed by atoms with E-state index in [2.05, 4.69) is 0 Å². The number of ether oxygens (including phenoxy) is 1. The summed E-state index contributed by atoms with van der Waals surface area (Å²) in [6.45, 7) is 0.790. The molecule has 0 bridgehead atoms. The van der Waals surface area contributed by atoms with Crippen LogP contribution in [0.25, 0.3) is 0 Å². The molecule has 0 spiro atoms. The fourth-order valence-corrected chi connectivity index (χ4v) is 0.317. The molecule has 0 aromatic rings. The summed E-state index contributed by atoms with van der Waals surface area (Å²) in [5.41, 5.74) is 0. The normalized spacial score (nSPS) is 27.6. The summed E-state index contributed by atoms with van der Waals surface area (Å²) in [5.74, 6) is 0. The zero-order valence-electron chi connectivity index (χ0n) is 3.79. The standard InChI is InChI=1S/C5H5NO/c6-3-1-2-5-4-7-5/h1-2,5H,4H2. The Hall–Kier alpha value is -0.810. The van der Waals surface area contributed by atoms with Gasteiger partial charge < -0.3 is 4.74 Å². The highest BCUT2D eigenvalue weighted by molar-refractivity contribution is 5.07. The average molecular weight is 95.1 g/mol. The number of hydrogen-bond donors (Lipinski definition) is 0. The summed E-state index contributed by atoms with van der Waals surface area (Å²) in [4.78, 5) is 0. The number of nitriles is 1. The van der Waals surface area contributed by atoms with Gasteiger partial charge >= 0.3 is 0 Å². The smallest absolute Gasteiger partial charge is 0.100 e. The molecular weight excluding hydrogens is 90.1 g/mol. The number of allylic oxidation sites excluding steroid dienone is 1. The topological polar surface area (TPSA) is 36.3 Å². The van der Waals surface area contributed by atoms with Crippen molar-refractivity contribution in [2.24, 2.45) is 0 Å². The summed E-state index contributed by atoms with van der Waals surface area (Å²) in [6, 6.07) is 1.88. The minimum Gasteiger partial charge on any atom is -0.369 e. The highest BCUT2D eigenvalue weighted by Crippen LogP contribution is 2.08. The molecule has 0 aliphatic carbocycles. The Kier molecular flexibility index (Phi) is 1.10. The highest BCUT2D eigenvalue weighted by atomic mass is 16.6. The van der Waals surface area contributed by atoms with Gasteiger partial charge in [0.25, 0.3) is 0 Å². The van der Waals surface area contributed by atoms with Gasteiger partial charge in [-0.2, -0.15) is 5.26 Å². The lowest BCUT2D eigenvalue weighted by molar-refractivity contribution is 0.440. The van der Waals surface area contributed by atoms with Crippen LogP contribution in [0.15, 0.2) is 12.2 Å². The minimum atomic E-state index is 0.250. The number of hydrogen-bond acceptors (Lipinski definition) is 2. The largest absolute Gasteiger partial charge is 0.369 e. The van der Waals surface area contributed by atoms with Crippen LogP contribution in [0.1, 0.15) is 0 Å². The lowest BCUT2D eigenvalue weighted by atomic mass is 10.4. The van der Waals surface area contributed by atoms with Crippen molar-refractivity contribution in [3.8, 4) is 6.07 Å². The van der Waals surface area contributed by atoms with Crippen molar-refractivity contribution >= 4 is 0 Å². The third-order valence-corrected chi connectivity index (χ3v) is 0.745. The van der Waals surface area contributed by atoms with E-state index in [1.807, 2.05) is 6.07 Å². The van der Waals surface area contributed by atoms with E-state index >= 15 is 0 Å². The lowest BCUT2D eigenvalue weighted by Gasteiger charge is -1.64. The zero-order chi connectivity index (χ0) is 5.11. The fraction of sp³-hybridized carbons (Fsp3) is 0.400. The Morgan fingerprint density at radius 1 is 1.86 bits per heavy atom. The van der Waals surface area contributed by atoms with Crippen LogP contribution < -0.4 is 0 Å². The number of nitrogens with zero attached hydrogens (tertiary/aromatic N) is 1. The summed E-state index contributed by atoms with van der Waals surface area (Å²) in [5, 5.41) is 7.95. The number of epoxide rings is 1. The summed E-state index contributed by atoms with van der Waals surface area (Å²) >= 11 is 0. The molecule has 0 amide bonds. The summed E-state index contributed by atoms with van der Waals surface area (Å²) in [7, 11) is 0. The molecule has 1 fully saturated rings. The van der Waals surface area contributed by atoms with Crippen LogP contribution in [-0.4, -0.2) is 12.7 Å². The van der Waals surface area contributed by atoms with Crippen molar-refractivity contribution in [3.05, 3.63) is 12.2 Å². The van der Waals surface area contributed by atoms with E-state index in [1.165, 1.54) is 6.08 Å². The first-order valence-corrected chi connectivity index (χ1v) is 2.11. The Labute approximate surface area is 42.0 Å². The molecule has 1 unspecified atom stereocenters. The molecule has 1 saturated heterocycles. The van der Waals surface area contributed by atoms with Gasteiger partial charge in [0.2, 0.25) is 0 Å². The molecule has 0 N–H and O–H groups in total. The van der Waals surface area contributed by atoms with Crippen molar-refractivity contribution in [1.82, 2.24) is 0 Å². The average Bonchev–Trinajstić information content (AvgIpc) is 2.42. The molecule has 1 atom stereocenters. The monoisotopic (exact) mass is 95.0 g/mol. The van der Waals surface area contributed by atoms with E-state index in [1.54, 1.807) is 6.08 Å². The van der Waals surface area contributed by atoms with Gasteiger partial charge in [-0.25, -0.2) is 0 Å². The fourth-order valence-electron chi connectivity index (χ4n) is 0.317. The molecule has 0 saturated carbocycles. The van der Waals surface area contributed by atoms with E-state index < -0.39 is 0 Å². The molecule has 2 heteroatoms. The van der Waals surface area contributed by atoms with Gasteiger partial charge in [-0.15, -0.1) is 0 Å². The van der Waals surface area contributed by atoms with Crippen LogP contribution in [-0.2, 0) is 4.74 Å². The van der Waals surface area contributed by atoms with Gasteiger partial charge in [-0.3, -0.25) is 0 Å². The third-order valence-electron chi connectivity index (χ3n) is 0.745. The van der Waals surface area contributed by atoms with Crippen LogP contribution in [0.5, 0.6) is 0 Å². The first-order chi connectivity index (χ1) is 3.43. The molecule has 0 radical (unpaired) electrons. The second-order valence-electron chi connectivity index (χ2n) is 1.36. The van der Waals surface area contributed by atoms with Gasteiger partial charge in [0.15, 0.2) is 0 Å². The molecular formula is C5H5NO. The van der Waals surface area contributed by atoms with Gasteiger partial charge in [0.1, 0.15) is 6.10 Å². The van der Waals surface area contributed by atoms with Gasteiger partial charge in [-0.05, 0) is 6.08 Å². The van der Waals surface area contributed by atoms with Crippen molar-refractivity contribution in [2.45, 2.75) is 6.10 Å². The van der Waals surface area contributed by atoms with Gasteiger partial charge in [0.05, 0.1) is 12.7 Å². The van der Waals surface area contributed by atoms with Crippen LogP contribution in [0.3, 0.4) is 0 Å². The summed E-state index contributed by atoms with van der Waals surface area (Å²) in [6.07, 6.45) is 3.44. The van der Waals surface area contributed by atoms with Crippen LogP contribution in [0, 0.1) is 11.3 Å². The van der Waals surface area contributed by atoms with Gasteiger partial charge in [0, 0.05) is 6.08 Å². The molecule has 1 aliphatic heterocycles. The first kappa shape index (κ1) is 4.35. The molecule has 1 aliphatic rings. The third kappa shape index (κ3) is 1.38. The first-order valence-electron chi connectivity index (χ1n) is 2.11. The van der Waals surface area contributed by atoms with Crippen molar-refractivity contribution in [3.63, 3.8) is 0 Å². The van der Waals surface area contributed by atoms with Crippen LogP contribution in [0.4, 0.5) is 0 Å². The van der Waals surface area contributed by atoms with Gasteiger partial charge in [-0.1, -0.05) is 0 Å². The maximum Gasteiger partial charge on any atom is 0.100 e. The molecule has 1 heterocycles. The molecule has 2 nitrogen and oxygen atoms in total. The molecule has 36 valence electrons. The Balaban J connectivity index is 2.21. The predicted molar refractivity (Wildman–Crippen MR) is 24.5 cm³/mol. The quantitative estimate of drug-likeness (QED) is 0.350.